The fourth-order valence-electron chi connectivity index (χ4n) is 3.68. The Kier molecular flexibility index (Phi) is 5.58. The lowest BCUT2D eigenvalue weighted by atomic mass is 9.93. The van der Waals surface area contributed by atoms with E-state index in [4.69, 9.17) is 4.42 Å². The number of amides is 2. The Hall–Kier alpha value is -3.87. The maximum atomic E-state index is 12.9. The molecule has 31 heavy (non-hydrogen) atoms. The number of para-hydroxylation sites is 1. The van der Waals surface area contributed by atoms with Gasteiger partial charge in [0.15, 0.2) is 5.76 Å². The molecule has 0 saturated heterocycles. The van der Waals surface area contributed by atoms with Crippen LogP contribution in [-0.4, -0.2) is 22.6 Å². The molecule has 0 radical (unpaired) electrons. The van der Waals surface area contributed by atoms with Crippen molar-refractivity contribution in [3.05, 3.63) is 82.3 Å². The van der Waals surface area contributed by atoms with E-state index in [-0.39, 0.29) is 23.3 Å². The third-order valence-electron chi connectivity index (χ3n) is 5.35. The van der Waals surface area contributed by atoms with Crippen LogP contribution >= 0.6 is 0 Å². The van der Waals surface area contributed by atoms with Gasteiger partial charge in [0.05, 0.1) is 5.71 Å². The van der Waals surface area contributed by atoms with E-state index >= 15 is 0 Å². The van der Waals surface area contributed by atoms with E-state index in [2.05, 4.69) is 15.8 Å². The number of rotatable bonds is 4. The summed E-state index contributed by atoms with van der Waals surface area (Å²) in [5.41, 5.74) is 6.83. The van der Waals surface area contributed by atoms with Crippen LogP contribution in [0, 0.1) is 13.8 Å². The van der Waals surface area contributed by atoms with Gasteiger partial charge in [0.1, 0.15) is 11.5 Å². The van der Waals surface area contributed by atoms with E-state index < -0.39 is 0 Å². The zero-order valence-electron chi connectivity index (χ0n) is 17.4. The number of hydrogen-bond donors (Lipinski definition) is 3. The van der Waals surface area contributed by atoms with Crippen LogP contribution in [0.25, 0.3) is 0 Å². The van der Waals surface area contributed by atoms with Crippen LogP contribution in [0.1, 0.15) is 56.2 Å². The van der Waals surface area contributed by atoms with Crippen LogP contribution in [0.2, 0.25) is 0 Å². The van der Waals surface area contributed by atoms with Crippen molar-refractivity contribution in [1.29, 1.82) is 0 Å². The number of furan rings is 1. The molecule has 3 N–H and O–H groups in total. The first-order valence-electron chi connectivity index (χ1n) is 10.1. The summed E-state index contributed by atoms with van der Waals surface area (Å²) in [5.74, 6) is 0.362. The number of carbonyl (C=O) groups excluding carboxylic acids is 2. The highest BCUT2D eigenvalue weighted by Gasteiger charge is 2.28. The van der Waals surface area contributed by atoms with Gasteiger partial charge in [0.25, 0.3) is 11.8 Å². The maximum Gasteiger partial charge on any atom is 0.291 e. The zero-order chi connectivity index (χ0) is 22.0. The molecule has 7 nitrogen and oxygen atoms in total. The molecule has 0 saturated carbocycles. The lowest BCUT2D eigenvalue weighted by molar-refractivity contribution is 0.0953. The van der Waals surface area contributed by atoms with Gasteiger partial charge in [-0.05, 0) is 62.6 Å². The monoisotopic (exact) mass is 417 g/mol. The smallest absolute Gasteiger partial charge is 0.291 e. The molecular weight excluding hydrogens is 394 g/mol. The number of hydrazone groups is 1. The molecule has 0 spiro atoms. The van der Waals surface area contributed by atoms with Crippen molar-refractivity contribution in [2.24, 2.45) is 5.10 Å². The van der Waals surface area contributed by atoms with Crippen molar-refractivity contribution in [3.8, 4) is 5.75 Å². The Labute approximate surface area is 179 Å². The number of aromatic hydroxyl groups is 1. The molecule has 1 aromatic heterocycles. The maximum absolute atomic E-state index is 12.9. The molecule has 2 aromatic carbocycles. The Morgan fingerprint density at radius 2 is 1.74 bits per heavy atom. The van der Waals surface area contributed by atoms with Gasteiger partial charge in [-0.15, -0.1) is 0 Å². The second-order valence-electron chi connectivity index (χ2n) is 7.52. The summed E-state index contributed by atoms with van der Waals surface area (Å²) in [5, 5.41) is 16.6. The fraction of sp³-hybridized carbons (Fsp3) is 0.208. The summed E-state index contributed by atoms with van der Waals surface area (Å²) in [6, 6.07) is 13.5. The van der Waals surface area contributed by atoms with Crippen LogP contribution in [-0.2, 0) is 6.42 Å². The Morgan fingerprint density at radius 3 is 2.48 bits per heavy atom. The van der Waals surface area contributed by atoms with Gasteiger partial charge in [-0.1, -0.05) is 18.2 Å². The molecule has 0 atom stereocenters. The number of benzene rings is 2. The summed E-state index contributed by atoms with van der Waals surface area (Å²) in [6.45, 7) is 3.76. The minimum Gasteiger partial charge on any atom is -0.508 e. The van der Waals surface area contributed by atoms with Gasteiger partial charge in [-0.2, -0.15) is 5.10 Å². The summed E-state index contributed by atoms with van der Waals surface area (Å²) in [6.07, 6.45) is 2.19. The minimum atomic E-state index is -0.377. The molecule has 158 valence electrons. The summed E-state index contributed by atoms with van der Waals surface area (Å²) in [7, 11) is 0. The molecule has 4 rings (SSSR count). The average molecular weight is 417 g/mol. The molecule has 2 amide bonds. The van der Waals surface area contributed by atoms with Gasteiger partial charge in [0.2, 0.25) is 0 Å². The average Bonchev–Trinajstić information content (AvgIpc) is 3.11. The SMILES string of the molecule is Cc1ccccc1NC(=O)c1oc2c(c1C)/C(=N/NC(=O)c1ccc(O)cc1)CCC2. The standard InChI is InChI=1S/C24H23N3O4/c1-14-6-3-4-7-18(14)25-24(30)22-15(2)21-19(8-5-9-20(21)31-22)26-27-23(29)16-10-12-17(28)13-11-16/h3-4,6-7,10-13,28H,5,8-9H2,1-2H3,(H,25,30)(H,27,29)/b26-19+. The number of fused-ring (bicyclic) bond motifs is 1. The van der Waals surface area contributed by atoms with Crippen LogP contribution in [0.15, 0.2) is 58.0 Å². The molecule has 0 bridgehead atoms. The number of phenolic OH excluding ortho intramolecular Hbond substituents is 1. The largest absolute Gasteiger partial charge is 0.508 e. The molecule has 0 unspecified atom stereocenters. The normalized spacial score (nSPS) is 14.2. The first-order chi connectivity index (χ1) is 14.9. The third-order valence-corrected chi connectivity index (χ3v) is 5.35. The molecule has 0 fully saturated rings. The van der Waals surface area contributed by atoms with E-state index in [1.54, 1.807) is 0 Å². The topological polar surface area (TPSA) is 104 Å². The molecule has 1 aliphatic rings. The van der Waals surface area contributed by atoms with Crippen molar-refractivity contribution >= 4 is 23.2 Å². The Balaban J connectivity index is 1.57. The van der Waals surface area contributed by atoms with Crippen LogP contribution in [0.4, 0.5) is 5.69 Å². The van der Waals surface area contributed by atoms with Crippen LogP contribution < -0.4 is 10.7 Å². The van der Waals surface area contributed by atoms with Crippen LogP contribution in [0.5, 0.6) is 5.75 Å². The summed E-state index contributed by atoms with van der Waals surface area (Å²) < 4.78 is 5.91. The quantitative estimate of drug-likeness (QED) is 0.550. The number of anilines is 1. The lowest BCUT2D eigenvalue weighted by Crippen LogP contribution is -2.22. The molecule has 3 aromatic rings. The van der Waals surface area contributed by atoms with Crippen molar-refractivity contribution in [3.63, 3.8) is 0 Å². The first kappa shape index (κ1) is 20.4. The highest BCUT2D eigenvalue weighted by molar-refractivity contribution is 6.09. The number of hydrogen-bond acceptors (Lipinski definition) is 5. The van der Waals surface area contributed by atoms with E-state index in [0.717, 1.165) is 23.2 Å². The summed E-state index contributed by atoms with van der Waals surface area (Å²) >= 11 is 0. The van der Waals surface area contributed by atoms with E-state index in [9.17, 15) is 14.7 Å². The first-order valence-corrected chi connectivity index (χ1v) is 10.1. The fourth-order valence-corrected chi connectivity index (χ4v) is 3.68. The lowest BCUT2D eigenvalue weighted by Gasteiger charge is -2.13. The number of aryl methyl sites for hydroxylation is 2. The zero-order valence-corrected chi connectivity index (χ0v) is 17.4. The second kappa shape index (κ2) is 8.47. The highest BCUT2D eigenvalue weighted by atomic mass is 16.4. The van der Waals surface area contributed by atoms with Gasteiger partial charge in [-0.3, -0.25) is 9.59 Å². The number of carbonyl (C=O) groups is 2. The summed E-state index contributed by atoms with van der Waals surface area (Å²) in [4.78, 5) is 25.2. The highest BCUT2D eigenvalue weighted by Crippen LogP contribution is 2.30. The predicted octanol–water partition coefficient (Wildman–Crippen LogP) is 4.32. The van der Waals surface area contributed by atoms with Crippen molar-refractivity contribution in [1.82, 2.24) is 5.43 Å². The number of phenols is 1. The van der Waals surface area contributed by atoms with Crippen molar-refractivity contribution in [2.45, 2.75) is 33.1 Å². The van der Waals surface area contributed by atoms with E-state index in [1.807, 2.05) is 38.1 Å². The number of nitrogens with zero attached hydrogens (tertiary/aromatic N) is 1. The van der Waals surface area contributed by atoms with Gasteiger partial charge < -0.3 is 14.8 Å². The molecular formula is C24H23N3O4. The Morgan fingerprint density at radius 1 is 1.00 bits per heavy atom. The van der Waals surface area contributed by atoms with Crippen LogP contribution in [0.3, 0.4) is 0 Å². The van der Waals surface area contributed by atoms with Crippen molar-refractivity contribution in [2.75, 3.05) is 5.32 Å². The predicted molar refractivity (Wildman–Crippen MR) is 118 cm³/mol. The van der Waals surface area contributed by atoms with Gasteiger partial charge in [-0.25, -0.2) is 5.43 Å². The second-order valence-corrected chi connectivity index (χ2v) is 7.52. The van der Waals surface area contributed by atoms with E-state index in [0.29, 0.717) is 35.4 Å². The number of nitrogens with one attached hydrogen (secondary N) is 2. The van der Waals surface area contributed by atoms with E-state index in [1.165, 1.54) is 24.3 Å². The molecule has 0 aliphatic heterocycles. The molecule has 7 heteroatoms. The molecule has 1 heterocycles. The van der Waals surface area contributed by atoms with Gasteiger partial charge in [0, 0.05) is 28.8 Å². The third kappa shape index (κ3) is 4.21. The van der Waals surface area contributed by atoms with Crippen molar-refractivity contribution < 1.29 is 19.1 Å². The minimum absolute atomic E-state index is 0.0883. The van der Waals surface area contributed by atoms with Gasteiger partial charge >= 0.3 is 0 Å². The molecule has 1 aliphatic carbocycles. The Bertz CT molecular complexity index is 1180.